The van der Waals surface area contributed by atoms with Crippen LogP contribution >= 0.6 is 0 Å². The van der Waals surface area contributed by atoms with Gasteiger partial charge < -0.3 is 20.9 Å². The number of nitrogens with one attached hydrogen (secondary N) is 1. The number of rotatable bonds is 5. The van der Waals surface area contributed by atoms with Gasteiger partial charge >= 0.3 is 0 Å². The van der Waals surface area contributed by atoms with Gasteiger partial charge in [-0.15, -0.1) is 0 Å². The van der Waals surface area contributed by atoms with Crippen LogP contribution in [0.25, 0.3) is 0 Å². The van der Waals surface area contributed by atoms with Crippen LogP contribution in [0.4, 0.5) is 0 Å². The van der Waals surface area contributed by atoms with Gasteiger partial charge in [0.25, 0.3) is 0 Å². The van der Waals surface area contributed by atoms with Crippen LogP contribution in [-0.4, -0.2) is 42.4 Å². The van der Waals surface area contributed by atoms with Crippen molar-refractivity contribution >= 4 is 5.91 Å². The van der Waals surface area contributed by atoms with Crippen molar-refractivity contribution in [3.05, 3.63) is 0 Å². The van der Waals surface area contributed by atoms with Crippen molar-refractivity contribution in [3.63, 3.8) is 0 Å². The molecule has 1 fully saturated rings. The number of nitrogens with two attached hydrogens (primary N) is 1. The van der Waals surface area contributed by atoms with Crippen molar-refractivity contribution in [1.29, 1.82) is 0 Å². The highest BCUT2D eigenvalue weighted by molar-refractivity contribution is 5.82. The Labute approximate surface area is 103 Å². The maximum absolute atomic E-state index is 12.0. The summed E-state index contributed by atoms with van der Waals surface area (Å²) in [6, 6.07) is -0.508. The van der Waals surface area contributed by atoms with Crippen LogP contribution in [0, 0.1) is 5.92 Å². The minimum Gasteiger partial charge on any atom is -0.394 e. The van der Waals surface area contributed by atoms with E-state index in [1.54, 1.807) is 0 Å². The minimum atomic E-state index is -0.541. The largest absolute Gasteiger partial charge is 0.394 e. The molecule has 0 aromatic rings. The number of hydrogen-bond donors (Lipinski definition) is 3. The van der Waals surface area contributed by atoms with E-state index < -0.39 is 11.6 Å². The maximum Gasteiger partial charge on any atom is 0.237 e. The van der Waals surface area contributed by atoms with Gasteiger partial charge in [0.1, 0.15) is 0 Å². The van der Waals surface area contributed by atoms with Crippen LogP contribution in [-0.2, 0) is 9.53 Å². The van der Waals surface area contributed by atoms with Crippen LogP contribution in [0.1, 0.15) is 33.1 Å². The Morgan fingerprint density at radius 2 is 2.12 bits per heavy atom. The molecule has 0 spiro atoms. The van der Waals surface area contributed by atoms with Crippen LogP contribution < -0.4 is 11.1 Å². The molecule has 0 aliphatic carbocycles. The van der Waals surface area contributed by atoms with E-state index in [0.717, 1.165) is 6.42 Å². The Kier molecular flexibility index (Phi) is 5.36. The molecule has 0 aromatic carbocycles. The molecule has 1 amide bonds. The molecule has 0 aromatic heterocycles. The molecule has 5 nitrogen and oxygen atoms in total. The van der Waals surface area contributed by atoms with Gasteiger partial charge in [-0.05, 0) is 18.8 Å². The highest BCUT2D eigenvalue weighted by Gasteiger charge is 2.35. The molecule has 0 radical (unpaired) electrons. The number of ether oxygens (including phenoxy) is 1. The summed E-state index contributed by atoms with van der Waals surface area (Å²) in [7, 11) is 0. The average Bonchev–Trinajstić information content (AvgIpc) is 2.37. The van der Waals surface area contributed by atoms with Crippen molar-refractivity contribution in [3.8, 4) is 0 Å². The van der Waals surface area contributed by atoms with E-state index in [0.29, 0.717) is 26.1 Å². The summed E-state index contributed by atoms with van der Waals surface area (Å²) < 4.78 is 5.24. The second-order valence-corrected chi connectivity index (χ2v) is 4.95. The predicted molar refractivity (Wildman–Crippen MR) is 65.4 cm³/mol. The molecule has 1 aliphatic heterocycles. The smallest absolute Gasteiger partial charge is 0.237 e. The normalized spacial score (nSPS) is 22.8. The van der Waals surface area contributed by atoms with E-state index in [-0.39, 0.29) is 18.4 Å². The molecule has 1 heterocycles. The van der Waals surface area contributed by atoms with Crippen LogP contribution in [0.3, 0.4) is 0 Å². The Morgan fingerprint density at radius 3 is 2.59 bits per heavy atom. The summed E-state index contributed by atoms with van der Waals surface area (Å²) >= 11 is 0. The number of amides is 1. The molecule has 5 heteroatoms. The SMILES string of the molecule is CCC(C)C(N)C(=O)NC1(CO)CCOCC1. The Morgan fingerprint density at radius 1 is 1.53 bits per heavy atom. The molecule has 1 saturated heterocycles. The van der Waals surface area contributed by atoms with E-state index in [1.807, 2.05) is 13.8 Å². The van der Waals surface area contributed by atoms with E-state index >= 15 is 0 Å². The fourth-order valence-electron chi connectivity index (χ4n) is 1.94. The van der Waals surface area contributed by atoms with Crippen LogP contribution in [0.5, 0.6) is 0 Å². The van der Waals surface area contributed by atoms with Crippen molar-refractivity contribution in [1.82, 2.24) is 5.32 Å². The molecular formula is C12H24N2O3. The van der Waals surface area contributed by atoms with E-state index in [9.17, 15) is 9.90 Å². The number of aliphatic hydroxyl groups is 1. The lowest BCUT2D eigenvalue weighted by Crippen LogP contribution is -2.59. The summed E-state index contributed by atoms with van der Waals surface area (Å²) in [4.78, 5) is 12.0. The lowest BCUT2D eigenvalue weighted by Gasteiger charge is -2.37. The lowest BCUT2D eigenvalue weighted by atomic mass is 9.89. The van der Waals surface area contributed by atoms with E-state index in [1.165, 1.54) is 0 Å². The topological polar surface area (TPSA) is 84.6 Å². The predicted octanol–water partition coefficient (Wildman–Crippen LogP) is 0.0175. The van der Waals surface area contributed by atoms with E-state index in [4.69, 9.17) is 10.5 Å². The second kappa shape index (κ2) is 6.33. The summed E-state index contributed by atoms with van der Waals surface area (Å²) in [5.41, 5.74) is 5.34. The fraction of sp³-hybridized carbons (Fsp3) is 0.917. The second-order valence-electron chi connectivity index (χ2n) is 4.95. The zero-order chi connectivity index (χ0) is 12.9. The van der Waals surface area contributed by atoms with E-state index in [2.05, 4.69) is 5.32 Å². The monoisotopic (exact) mass is 244 g/mol. The molecule has 100 valence electrons. The fourth-order valence-corrected chi connectivity index (χ4v) is 1.94. The third kappa shape index (κ3) is 3.66. The molecule has 2 atom stereocenters. The standard InChI is InChI=1S/C12H24N2O3/c1-3-9(2)10(13)11(16)14-12(8-15)4-6-17-7-5-12/h9-10,15H,3-8,13H2,1-2H3,(H,14,16). The first-order chi connectivity index (χ1) is 8.04. The molecule has 1 rings (SSSR count). The van der Waals surface area contributed by atoms with Gasteiger partial charge in [-0.1, -0.05) is 20.3 Å². The van der Waals surface area contributed by atoms with Crippen molar-refractivity contribution < 1.29 is 14.6 Å². The highest BCUT2D eigenvalue weighted by atomic mass is 16.5. The van der Waals surface area contributed by atoms with Crippen molar-refractivity contribution in [2.75, 3.05) is 19.8 Å². The number of hydrogen-bond acceptors (Lipinski definition) is 4. The Balaban J connectivity index is 2.58. The van der Waals surface area contributed by atoms with Crippen molar-refractivity contribution in [2.24, 2.45) is 11.7 Å². The summed E-state index contributed by atoms with van der Waals surface area (Å²) in [5.74, 6) is -0.0270. The Hall–Kier alpha value is -0.650. The molecule has 17 heavy (non-hydrogen) atoms. The Bertz CT molecular complexity index is 252. The van der Waals surface area contributed by atoms with Crippen LogP contribution in [0.15, 0.2) is 0 Å². The molecular weight excluding hydrogens is 220 g/mol. The number of aliphatic hydroxyl groups excluding tert-OH is 1. The molecule has 0 saturated carbocycles. The first-order valence-electron chi connectivity index (χ1n) is 6.31. The van der Waals surface area contributed by atoms with Gasteiger partial charge in [-0.25, -0.2) is 0 Å². The third-order valence-electron chi connectivity index (χ3n) is 3.70. The zero-order valence-corrected chi connectivity index (χ0v) is 10.7. The van der Waals surface area contributed by atoms with Gasteiger partial charge in [0, 0.05) is 13.2 Å². The highest BCUT2D eigenvalue weighted by Crippen LogP contribution is 2.20. The van der Waals surface area contributed by atoms with Gasteiger partial charge in [0.2, 0.25) is 5.91 Å². The summed E-state index contributed by atoms with van der Waals surface area (Å²) in [5, 5.41) is 12.4. The number of carbonyl (C=O) groups is 1. The molecule has 4 N–H and O–H groups in total. The van der Waals surface area contributed by atoms with Crippen LogP contribution in [0.2, 0.25) is 0 Å². The average molecular weight is 244 g/mol. The lowest BCUT2D eigenvalue weighted by molar-refractivity contribution is -0.127. The molecule has 0 bridgehead atoms. The summed E-state index contributed by atoms with van der Waals surface area (Å²) in [6.07, 6.45) is 2.15. The first-order valence-corrected chi connectivity index (χ1v) is 6.31. The first kappa shape index (κ1) is 14.4. The molecule has 2 unspecified atom stereocenters. The quantitative estimate of drug-likeness (QED) is 0.636. The summed E-state index contributed by atoms with van der Waals surface area (Å²) in [6.45, 7) is 5.04. The van der Waals surface area contributed by atoms with Gasteiger partial charge in [-0.3, -0.25) is 4.79 Å². The van der Waals surface area contributed by atoms with Gasteiger partial charge in [0.05, 0.1) is 18.2 Å². The maximum atomic E-state index is 12.0. The molecule has 1 aliphatic rings. The van der Waals surface area contributed by atoms with Gasteiger partial charge in [-0.2, -0.15) is 0 Å². The van der Waals surface area contributed by atoms with Gasteiger partial charge in [0.15, 0.2) is 0 Å². The van der Waals surface area contributed by atoms with Crippen molar-refractivity contribution in [2.45, 2.75) is 44.7 Å². The minimum absolute atomic E-state index is 0.0602. The third-order valence-corrected chi connectivity index (χ3v) is 3.70. The zero-order valence-electron chi connectivity index (χ0n) is 10.7. The number of carbonyl (C=O) groups excluding carboxylic acids is 1.